The quantitative estimate of drug-likeness (QED) is 0.124. The zero-order chi connectivity index (χ0) is 40.4. The molecule has 0 fully saturated rings. The molecule has 12 aromatic rings. The Morgan fingerprint density at radius 3 is 1.44 bits per heavy atom. The van der Waals surface area contributed by atoms with Crippen LogP contribution in [0.1, 0.15) is 25.0 Å². The van der Waals surface area contributed by atoms with Crippen LogP contribution in [0.5, 0.6) is 0 Å². The molecule has 0 atom stereocenters. The topological polar surface area (TPSA) is 0 Å². The van der Waals surface area contributed by atoms with E-state index in [0.717, 1.165) is 0 Å². The van der Waals surface area contributed by atoms with Gasteiger partial charge in [-0.3, -0.25) is 0 Å². The van der Waals surface area contributed by atoms with Gasteiger partial charge in [0.15, 0.2) is 0 Å². The molecule has 0 unspecified atom stereocenters. The highest BCUT2D eigenvalue weighted by Crippen LogP contribution is 2.57. The van der Waals surface area contributed by atoms with Crippen molar-refractivity contribution in [3.63, 3.8) is 0 Å². The second kappa shape index (κ2) is 12.7. The second-order valence-electron chi connectivity index (χ2n) is 17.5. The summed E-state index contributed by atoms with van der Waals surface area (Å²) in [4.78, 5) is 0. The third-order valence-electron chi connectivity index (χ3n) is 13.9. The number of hydrogen-bond donors (Lipinski definition) is 0. The summed E-state index contributed by atoms with van der Waals surface area (Å²) in [5.74, 6) is 0. The Labute approximate surface area is 355 Å². The largest absolute Gasteiger partial charge is 0.0616 e. The van der Waals surface area contributed by atoms with Crippen LogP contribution in [0.15, 0.2) is 206 Å². The molecular formula is C61H40. The van der Waals surface area contributed by atoms with E-state index in [1.54, 1.807) is 0 Å². The Bertz CT molecular complexity index is 3790. The summed E-state index contributed by atoms with van der Waals surface area (Å²) < 4.78 is 0. The van der Waals surface area contributed by atoms with Crippen molar-refractivity contribution in [3.05, 3.63) is 217 Å². The molecule has 61 heavy (non-hydrogen) atoms. The van der Waals surface area contributed by atoms with E-state index < -0.39 is 0 Å². The van der Waals surface area contributed by atoms with E-state index in [0.29, 0.717) is 0 Å². The van der Waals surface area contributed by atoms with E-state index in [9.17, 15) is 0 Å². The van der Waals surface area contributed by atoms with Crippen molar-refractivity contribution in [2.75, 3.05) is 0 Å². The average molecular weight is 773 g/mol. The zero-order valence-corrected chi connectivity index (χ0v) is 34.1. The van der Waals surface area contributed by atoms with E-state index in [4.69, 9.17) is 0 Å². The molecule has 0 aliphatic heterocycles. The van der Waals surface area contributed by atoms with Crippen LogP contribution in [0.3, 0.4) is 0 Å². The van der Waals surface area contributed by atoms with Crippen LogP contribution in [-0.2, 0) is 5.41 Å². The van der Waals surface area contributed by atoms with E-state index >= 15 is 0 Å². The Kier molecular flexibility index (Phi) is 7.17. The fourth-order valence-electron chi connectivity index (χ4n) is 11.4. The highest BCUT2D eigenvalue weighted by molar-refractivity contribution is 6.26. The van der Waals surface area contributed by atoms with Crippen LogP contribution >= 0.6 is 0 Å². The van der Waals surface area contributed by atoms with Gasteiger partial charge < -0.3 is 0 Å². The third kappa shape index (κ3) is 4.82. The molecule has 284 valence electrons. The molecule has 0 nitrogen and oxygen atoms in total. The minimum absolute atomic E-state index is 0.164. The van der Waals surface area contributed by atoms with Gasteiger partial charge in [-0.2, -0.15) is 0 Å². The highest BCUT2D eigenvalue weighted by atomic mass is 14.4. The number of rotatable bonds is 3. The molecule has 0 radical (unpaired) electrons. The molecule has 0 heteroatoms. The highest BCUT2D eigenvalue weighted by Gasteiger charge is 2.39. The van der Waals surface area contributed by atoms with Crippen molar-refractivity contribution in [1.82, 2.24) is 0 Å². The molecule has 1 aliphatic rings. The zero-order valence-electron chi connectivity index (χ0n) is 34.1. The summed E-state index contributed by atoms with van der Waals surface area (Å²) >= 11 is 0. The first kappa shape index (κ1) is 34.3. The maximum Gasteiger partial charge on any atom is 0.0171 e. The molecule has 0 aromatic heterocycles. The van der Waals surface area contributed by atoms with Crippen molar-refractivity contribution in [2.45, 2.75) is 19.3 Å². The first-order valence-electron chi connectivity index (χ1n) is 21.5. The van der Waals surface area contributed by atoms with E-state index in [1.165, 1.54) is 131 Å². The first-order chi connectivity index (χ1) is 30.0. The number of hydrogen-bond acceptors (Lipinski definition) is 0. The lowest BCUT2D eigenvalue weighted by Crippen LogP contribution is -2.16. The lowest BCUT2D eigenvalue weighted by Gasteiger charge is -2.25. The van der Waals surface area contributed by atoms with Gasteiger partial charge in [-0.1, -0.05) is 202 Å². The van der Waals surface area contributed by atoms with Gasteiger partial charge in [-0.05, 0) is 149 Å². The maximum atomic E-state index is 2.46. The first-order valence-corrected chi connectivity index (χ1v) is 21.5. The summed E-state index contributed by atoms with van der Waals surface area (Å²) in [7, 11) is 0. The molecule has 0 saturated heterocycles. The summed E-state index contributed by atoms with van der Waals surface area (Å²) in [5.41, 5.74) is 13.0. The maximum absolute atomic E-state index is 2.46. The minimum Gasteiger partial charge on any atom is -0.0616 e. The van der Waals surface area contributed by atoms with Crippen LogP contribution in [0.4, 0.5) is 0 Å². The third-order valence-corrected chi connectivity index (χ3v) is 13.9. The van der Waals surface area contributed by atoms with Crippen LogP contribution in [0.25, 0.3) is 120 Å². The smallest absolute Gasteiger partial charge is 0.0171 e. The molecule has 0 N–H and O–H groups in total. The van der Waals surface area contributed by atoms with Crippen LogP contribution < -0.4 is 0 Å². The lowest BCUT2D eigenvalue weighted by molar-refractivity contribution is 0.672. The molecule has 0 amide bonds. The number of fused-ring (bicyclic) bond motifs is 15. The fraction of sp³-hybridized carbons (Fsp3) is 0.0492. The molecular weight excluding hydrogens is 733 g/mol. The molecule has 1 aliphatic carbocycles. The molecule has 0 bridgehead atoms. The minimum atomic E-state index is -0.164. The van der Waals surface area contributed by atoms with Crippen molar-refractivity contribution >= 4 is 75.4 Å². The second-order valence-corrected chi connectivity index (χ2v) is 17.5. The van der Waals surface area contributed by atoms with Crippen molar-refractivity contribution < 1.29 is 0 Å². The van der Waals surface area contributed by atoms with Crippen molar-refractivity contribution in [3.8, 4) is 44.5 Å². The van der Waals surface area contributed by atoms with Crippen LogP contribution in [0, 0.1) is 0 Å². The summed E-state index contributed by atoms with van der Waals surface area (Å²) in [6.45, 7) is 4.86. The monoisotopic (exact) mass is 772 g/mol. The molecule has 0 heterocycles. The Morgan fingerprint density at radius 2 is 0.754 bits per heavy atom. The van der Waals surface area contributed by atoms with E-state index in [1.807, 2.05) is 0 Å². The van der Waals surface area contributed by atoms with Crippen LogP contribution in [0.2, 0.25) is 0 Å². The lowest BCUT2D eigenvalue weighted by atomic mass is 9.77. The van der Waals surface area contributed by atoms with Gasteiger partial charge in [0, 0.05) is 5.41 Å². The van der Waals surface area contributed by atoms with Crippen molar-refractivity contribution in [2.24, 2.45) is 0 Å². The average Bonchev–Trinajstić information content (AvgIpc) is 3.57. The van der Waals surface area contributed by atoms with Crippen LogP contribution in [-0.4, -0.2) is 0 Å². The molecule has 0 spiro atoms. The summed E-state index contributed by atoms with van der Waals surface area (Å²) in [5, 5.41) is 18.1. The van der Waals surface area contributed by atoms with Crippen molar-refractivity contribution in [1.29, 1.82) is 0 Å². The SMILES string of the molecule is CC1(C)c2c(ccc3ccccc23)-c2c1c1ccc(-c3cccc(-c4c5ccccc5c(-c5cc6ccccc6c6ccccc56)c5ccccc45)c3)cc1c1ccccc21. The standard InChI is InChI=1S/C61H40/c1-61(2)59-43-21-6-3-16-37(43)30-33-53(59)58-47-25-10-9-24-46(47)54-35-39(31-32-52(54)60(58)61)38-18-15-19-41(34-38)56-48-26-11-13-28-50(48)57(51-29-14-12-27-49(51)56)55-36-40-17-4-5-20-42(40)44-22-7-8-23-45(44)55/h3-36H,1-2H3. The summed E-state index contributed by atoms with van der Waals surface area (Å²) in [6.07, 6.45) is 0. The van der Waals surface area contributed by atoms with Gasteiger partial charge in [-0.25, -0.2) is 0 Å². The fourth-order valence-corrected chi connectivity index (χ4v) is 11.4. The van der Waals surface area contributed by atoms with Gasteiger partial charge >= 0.3 is 0 Å². The predicted molar refractivity (Wildman–Crippen MR) is 263 cm³/mol. The molecule has 0 saturated carbocycles. The van der Waals surface area contributed by atoms with Gasteiger partial charge in [0.05, 0.1) is 0 Å². The Balaban J connectivity index is 1.03. The normalized spacial score (nSPS) is 13.2. The molecule has 13 rings (SSSR count). The molecule has 12 aromatic carbocycles. The number of benzene rings is 12. The van der Waals surface area contributed by atoms with E-state index in [-0.39, 0.29) is 5.41 Å². The summed E-state index contributed by atoms with van der Waals surface area (Å²) in [6, 6.07) is 77.3. The predicted octanol–water partition coefficient (Wildman–Crippen LogP) is 17.1. The Hall–Kier alpha value is -7.54. The van der Waals surface area contributed by atoms with Gasteiger partial charge in [0.25, 0.3) is 0 Å². The van der Waals surface area contributed by atoms with Gasteiger partial charge in [0.2, 0.25) is 0 Å². The van der Waals surface area contributed by atoms with Gasteiger partial charge in [0.1, 0.15) is 0 Å². The Morgan fingerprint density at radius 1 is 0.246 bits per heavy atom. The van der Waals surface area contributed by atoms with E-state index in [2.05, 4.69) is 220 Å². The van der Waals surface area contributed by atoms with Gasteiger partial charge in [-0.15, -0.1) is 0 Å².